The number of Topliss-reactive ketones (excluding diaryl/α,β-unsaturated/α-hetero) is 1. The summed E-state index contributed by atoms with van der Waals surface area (Å²) in [6.07, 6.45) is 4.49. The Hall–Kier alpha value is -0.618. The first-order valence-electron chi connectivity index (χ1n) is 9.91. The molecule has 0 heterocycles. The van der Waals surface area contributed by atoms with Crippen LogP contribution in [0.1, 0.15) is 32.3 Å². The van der Waals surface area contributed by atoms with E-state index in [1.807, 2.05) is 56.7 Å². The summed E-state index contributed by atoms with van der Waals surface area (Å²) in [5.41, 5.74) is 0.887. The van der Waals surface area contributed by atoms with Crippen molar-refractivity contribution in [2.24, 2.45) is 5.92 Å². The average Bonchev–Trinajstić information content (AvgIpc) is 2.67. The van der Waals surface area contributed by atoms with Crippen LogP contribution < -0.4 is 10.6 Å². The van der Waals surface area contributed by atoms with Gasteiger partial charge in [0.15, 0.2) is 0 Å². The van der Waals surface area contributed by atoms with E-state index in [2.05, 4.69) is 25.4 Å². The van der Waals surface area contributed by atoms with Gasteiger partial charge in [-0.05, 0) is 0 Å². The van der Waals surface area contributed by atoms with Gasteiger partial charge in [-0.2, -0.15) is 0 Å². The molecule has 9 heteroatoms. The number of amides is 2. The molecule has 0 saturated carbocycles. The summed E-state index contributed by atoms with van der Waals surface area (Å²) in [6.45, 7) is 3.99. The number of rotatable bonds is 12. The fourth-order valence-corrected chi connectivity index (χ4v) is 5.47. The van der Waals surface area contributed by atoms with Gasteiger partial charge >= 0.3 is 206 Å². The van der Waals surface area contributed by atoms with Crippen LogP contribution in [0.5, 0.6) is 0 Å². The Morgan fingerprint density at radius 3 is 2.33 bits per heavy atom. The van der Waals surface area contributed by atoms with E-state index in [1.165, 1.54) is 0 Å². The normalized spacial score (nSPS) is 14.8. The van der Waals surface area contributed by atoms with E-state index < -0.39 is 20.6 Å². The third kappa shape index (κ3) is 11.7. The molecule has 0 fully saturated rings. The van der Waals surface area contributed by atoms with Crippen LogP contribution in [0.15, 0.2) is 30.3 Å². The van der Waals surface area contributed by atoms with Gasteiger partial charge in [-0.3, -0.25) is 0 Å². The van der Waals surface area contributed by atoms with Gasteiger partial charge in [0.05, 0.1) is 0 Å². The van der Waals surface area contributed by atoms with Crippen molar-refractivity contribution in [3.63, 3.8) is 0 Å². The van der Waals surface area contributed by atoms with Gasteiger partial charge in [-0.25, -0.2) is 0 Å². The Balaban J connectivity index is 2.55. The summed E-state index contributed by atoms with van der Waals surface area (Å²) < 4.78 is 6.17. The standard InChI is InChI=1S/C21H32BrN2O4S.Tl/c1-15(2)19(24-21(27)28-13-17-9-7-6-8-10-17)20(26)23-16(3)11-12-18(25)14-29(4,5)22;/h6-10,15-16,19H,1,11-14H2,2-5H3,(H,23,26)(H,24,27);. The zero-order valence-electron chi connectivity index (χ0n) is 18.2. The Morgan fingerprint density at radius 2 is 1.77 bits per heavy atom. The van der Waals surface area contributed by atoms with Crippen LogP contribution in [0.25, 0.3) is 0 Å². The Kier molecular flexibility index (Phi) is 12.5. The first kappa shape index (κ1) is 27.4. The fourth-order valence-electron chi connectivity index (χ4n) is 2.73. The van der Waals surface area contributed by atoms with Crippen molar-refractivity contribution >= 4 is 66.8 Å². The summed E-state index contributed by atoms with van der Waals surface area (Å²) in [7, 11) is -1.04. The number of benzene rings is 1. The zero-order chi connectivity index (χ0) is 22.7. The second-order valence-electron chi connectivity index (χ2n) is 7.93. The third-order valence-corrected chi connectivity index (χ3v) is 9.04. The summed E-state index contributed by atoms with van der Waals surface area (Å²) in [5.74, 6) is 0.516. The van der Waals surface area contributed by atoms with Crippen molar-refractivity contribution in [2.45, 2.75) is 49.4 Å². The maximum absolute atomic E-state index is 12.8. The predicted octanol–water partition coefficient (Wildman–Crippen LogP) is 3.73. The molecule has 1 aromatic rings. The second kappa shape index (κ2) is 13.7. The Labute approximate surface area is 204 Å². The topological polar surface area (TPSA) is 84.5 Å². The number of ether oxygens (including phenoxy) is 1. The molecule has 2 amide bonds. The van der Waals surface area contributed by atoms with Crippen LogP contribution in [-0.4, -0.2) is 73.9 Å². The second-order valence-corrected chi connectivity index (χ2v) is 18.1. The predicted molar refractivity (Wildman–Crippen MR) is 128 cm³/mol. The quantitative estimate of drug-likeness (QED) is 0.328. The molecule has 0 aliphatic carbocycles. The van der Waals surface area contributed by atoms with E-state index in [-0.39, 0.29) is 30.3 Å². The van der Waals surface area contributed by atoms with Gasteiger partial charge in [0.25, 0.3) is 0 Å². The summed E-state index contributed by atoms with van der Waals surface area (Å²) in [4.78, 5) is 37.1. The van der Waals surface area contributed by atoms with Gasteiger partial charge in [0.1, 0.15) is 0 Å². The number of hydrogen-bond acceptors (Lipinski definition) is 4. The van der Waals surface area contributed by atoms with Crippen molar-refractivity contribution in [2.75, 3.05) is 18.3 Å². The molecule has 0 aliphatic rings. The SMILES string of the molecule is CC(CCC(=O)CS(C)(C)Br)NC(=O)C(NC(=O)OCc1ccccc1)C(C)[CH2][Tl]. The maximum atomic E-state index is 12.8. The van der Waals surface area contributed by atoms with Crippen LogP contribution in [0.2, 0.25) is 3.98 Å². The summed E-state index contributed by atoms with van der Waals surface area (Å²) in [5, 5.41) is 5.67. The molecular formula is C21H32BrN2O4STl. The summed E-state index contributed by atoms with van der Waals surface area (Å²) in [6, 6.07) is 8.60. The number of carbonyl (C=O) groups is 3. The molecule has 6 nitrogen and oxygen atoms in total. The van der Waals surface area contributed by atoms with Crippen LogP contribution in [0, 0.1) is 5.92 Å². The summed E-state index contributed by atoms with van der Waals surface area (Å²) >= 11 is 4.28. The Morgan fingerprint density at radius 1 is 1.13 bits per heavy atom. The zero-order valence-corrected chi connectivity index (χ0v) is 25.0. The molecule has 30 heavy (non-hydrogen) atoms. The van der Waals surface area contributed by atoms with Crippen LogP contribution in [0.4, 0.5) is 4.79 Å². The van der Waals surface area contributed by atoms with Gasteiger partial charge in [0.2, 0.25) is 0 Å². The fraction of sp³-hybridized carbons (Fsp3) is 0.571. The first-order valence-corrected chi connectivity index (χ1v) is 17.6. The number of halogens is 1. The van der Waals surface area contributed by atoms with E-state index in [0.717, 1.165) is 9.54 Å². The molecule has 0 bridgehead atoms. The number of nitrogens with one attached hydrogen (secondary N) is 2. The van der Waals surface area contributed by atoms with Crippen molar-refractivity contribution in [3.05, 3.63) is 35.9 Å². The molecular weight excluding hydrogens is 661 g/mol. The molecule has 0 spiro atoms. The Bertz CT molecular complexity index is 700. The number of hydrogen-bond donors (Lipinski definition) is 2. The first-order chi connectivity index (χ1) is 14.0. The van der Waals surface area contributed by atoms with Crippen LogP contribution in [-0.2, 0) is 20.9 Å². The van der Waals surface area contributed by atoms with Gasteiger partial charge < -0.3 is 0 Å². The minimum absolute atomic E-state index is 0.0194. The van der Waals surface area contributed by atoms with Gasteiger partial charge in [-0.1, -0.05) is 0 Å². The molecule has 2 N–H and O–H groups in total. The number of carbonyl (C=O) groups excluding carboxylic acids is 3. The molecule has 0 radical (unpaired) electrons. The minimum atomic E-state index is -1.04. The third-order valence-electron chi connectivity index (χ3n) is 4.46. The molecule has 1 rings (SSSR count). The molecule has 166 valence electrons. The van der Waals surface area contributed by atoms with Crippen molar-refractivity contribution < 1.29 is 19.1 Å². The van der Waals surface area contributed by atoms with Crippen molar-refractivity contribution in [1.82, 2.24) is 10.6 Å². The van der Waals surface area contributed by atoms with Crippen molar-refractivity contribution in [3.8, 4) is 0 Å². The molecule has 1 aromatic carbocycles. The van der Waals surface area contributed by atoms with E-state index >= 15 is 0 Å². The number of ketones is 1. The number of alkyl carbamates (subject to hydrolysis) is 1. The van der Waals surface area contributed by atoms with E-state index in [4.69, 9.17) is 4.74 Å². The van der Waals surface area contributed by atoms with E-state index in [1.54, 1.807) is 0 Å². The van der Waals surface area contributed by atoms with Crippen LogP contribution in [0.3, 0.4) is 0 Å². The average molecular weight is 693 g/mol. The molecule has 3 atom stereocenters. The molecule has 0 aromatic heterocycles. The molecule has 0 saturated heterocycles. The molecule has 0 aliphatic heterocycles. The monoisotopic (exact) mass is 692 g/mol. The molecule has 3 unspecified atom stereocenters. The van der Waals surface area contributed by atoms with E-state index in [0.29, 0.717) is 44.4 Å². The van der Waals surface area contributed by atoms with E-state index in [9.17, 15) is 14.4 Å². The van der Waals surface area contributed by atoms with Gasteiger partial charge in [0, 0.05) is 0 Å². The van der Waals surface area contributed by atoms with Crippen LogP contribution >= 0.6 is 23.3 Å². The van der Waals surface area contributed by atoms with Crippen molar-refractivity contribution in [1.29, 1.82) is 0 Å². The van der Waals surface area contributed by atoms with Gasteiger partial charge in [-0.15, -0.1) is 0 Å².